The number of aromatic nitrogens is 1. The third kappa shape index (κ3) is 5.48. The molecule has 0 bridgehead atoms. The first kappa shape index (κ1) is 21.1. The van der Waals surface area contributed by atoms with Gasteiger partial charge in [-0.1, -0.05) is 29.8 Å². The van der Waals surface area contributed by atoms with Gasteiger partial charge >= 0.3 is 12.2 Å². The van der Waals surface area contributed by atoms with Crippen LogP contribution in [0.1, 0.15) is 15.9 Å². The lowest BCUT2D eigenvalue weighted by atomic mass is 10.2. The third-order valence-corrected chi connectivity index (χ3v) is 4.00. The molecule has 2 aromatic carbocycles. The fourth-order valence-electron chi connectivity index (χ4n) is 2.30. The molecule has 10 heteroatoms. The molecule has 1 aromatic heterocycles. The Morgan fingerprint density at radius 2 is 1.67 bits per heavy atom. The standard InChI is InChI=1S/C20H13ClF3N3O3/c21-16-10-13(20(22,23)24)11-25-18(16)30-15-8-6-12(7-9-15)17(28)27-19(29)26-14-4-2-1-3-5-14/h1-11H,(H2,26,27,28,29). The molecule has 2 N–H and O–H groups in total. The van der Waals surface area contributed by atoms with Gasteiger partial charge in [-0.15, -0.1) is 0 Å². The van der Waals surface area contributed by atoms with Crippen molar-refractivity contribution in [3.05, 3.63) is 83.0 Å². The molecule has 0 aliphatic carbocycles. The van der Waals surface area contributed by atoms with Gasteiger partial charge in [0, 0.05) is 17.4 Å². The van der Waals surface area contributed by atoms with Crippen molar-refractivity contribution < 1.29 is 27.5 Å². The van der Waals surface area contributed by atoms with Gasteiger partial charge in [0.2, 0.25) is 5.88 Å². The molecule has 0 saturated carbocycles. The number of imide groups is 1. The molecular weight excluding hydrogens is 423 g/mol. The van der Waals surface area contributed by atoms with Gasteiger partial charge in [0.25, 0.3) is 5.91 Å². The summed E-state index contributed by atoms with van der Waals surface area (Å²) in [4.78, 5) is 27.6. The second-order valence-corrected chi connectivity index (χ2v) is 6.32. The highest BCUT2D eigenvalue weighted by Gasteiger charge is 2.31. The summed E-state index contributed by atoms with van der Waals surface area (Å²) < 4.78 is 43.3. The van der Waals surface area contributed by atoms with Crippen LogP contribution in [0, 0.1) is 0 Å². The largest absolute Gasteiger partial charge is 0.438 e. The summed E-state index contributed by atoms with van der Waals surface area (Å²) in [5.41, 5.74) is -0.315. The topological polar surface area (TPSA) is 80.3 Å². The highest BCUT2D eigenvalue weighted by Crippen LogP contribution is 2.34. The Bertz CT molecular complexity index is 1060. The number of anilines is 1. The predicted octanol–water partition coefficient (Wildman–Crippen LogP) is 5.51. The van der Waals surface area contributed by atoms with E-state index in [1.807, 2.05) is 0 Å². The highest BCUT2D eigenvalue weighted by molar-refractivity contribution is 6.31. The van der Waals surface area contributed by atoms with Crippen LogP contribution in [0.25, 0.3) is 0 Å². The molecule has 30 heavy (non-hydrogen) atoms. The average Bonchev–Trinajstić information content (AvgIpc) is 2.70. The minimum atomic E-state index is -4.57. The van der Waals surface area contributed by atoms with Gasteiger partial charge in [-0.2, -0.15) is 13.2 Å². The normalized spacial score (nSPS) is 10.9. The van der Waals surface area contributed by atoms with Crippen LogP contribution < -0.4 is 15.4 Å². The van der Waals surface area contributed by atoms with Crippen molar-refractivity contribution in [2.45, 2.75) is 6.18 Å². The number of carbonyl (C=O) groups is 2. The first-order valence-electron chi connectivity index (χ1n) is 8.40. The number of ether oxygens (including phenoxy) is 1. The van der Waals surface area contributed by atoms with Crippen LogP contribution in [0.4, 0.5) is 23.7 Å². The molecule has 154 valence electrons. The number of hydrogen-bond donors (Lipinski definition) is 2. The number of para-hydroxylation sites is 1. The van der Waals surface area contributed by atoms with Crippen molar-refractivity contribution in [3.8, 4) is 11.6 Å². The molecule has 3 amide bonds. The van der Waals surface area contributed by atoms with Crippen molar-refractivity contribution in [1.29, 1.82) is 0 Å². The second kappa shape index (κ2) is 8.83. The van der Waals surface area contributed by atoms with E-state index in [-0.39, 0.29) is 22.2 Å². The van der Waals surface area contributed by atoms with E-state index in [0.29, 0.717) is 18.0 Å². The van der Waals surface area contributed by atoms with Crippen LogP contribution in [-0.4, -0.2) is 16.9 Å². The Kier molecular flexibility index (Phi) is 6.22. The van der Waals surface area contributed by atoms with Crippen LogP contribution in [0.2, 0.25) is 5.02 Å². The maximum atomic E-state index is 12.7. The number of rotatable bonds is 4. The van der Waals surface area contributed by atoms with E-state index in [9.17, 15) is 22.8 Å². The number of halogens is 4. The number of nitrogens with zero attached hydrogens (tertiary/aromatic N) is 1. The van der Waals surface area contributed by atoms with E-state index < -0.39 is 23.7 Å². The van der Waals surface area contributed by atoms with Crippen LogP contribution in [0.3, 0.4) is 0 Å². The van der Waals surface area contributed by atoms with Crippen LogP contribution in [-0.2, 0) is 6.18 Å². The van der Waals surface area contributed by atoms with Crippen molar-refractivity contribution >= 4 is 29.2 Å². The Morgan fingerprint density at radius 1 is 1.00 bits per heavy atom. The molecule has 0 aliphatic rings. The van der Waals surface area contributed by atoms with Crippen LogP contribution in [0.15, 0.2) is 66.9 Å². The minimum absolute atomic E-state index is 0.164. The zero-order valence-electron chi connectivity index (χ0n) is 15.0. The molecule has 0 unspecified atom stereocenters. The molecule has 3 aromatic rings. The van der Waals surface area contributed by atoms with E-state index in [2.05, 4.69) is 15.6 Å². The van der Waals surface area contributed by atoms with Gasteiger partial charge in [-0.05, 0) is 42.5 Å². The molecule has 0 saturated heterocycles. The summed E-state index contributed by atoms with van der Waals surface area (Å²) in [6.45, 7) is 0. The maximum absolute atomic E-state index is 12.7. The summed E-state index contributed by atoms with van der Waals surface area (Å²) in [7, 11) is 0. The van der Waals surface area contributed by atoms with Crippen molar-refractivity contribution in [2.24, 2.45) is 0 Å². The molecule has 0 spiro atoms. The fraction of sp³-hybridized carbons (Fsp3) is 0.0500. The number of alkyl halides is 3. The molecule has 6 nitrogen and oxygen atoms in total. The van der Waals surface area contributed by atoms with Gasteiger partial charge in [-0.25, -0.2) is 9.78 Å². The quantitative estimate of drug-likeness (QED) is 0.566. The second-order valence-electron chi connectivity index (χ2n) is 5.91. The number of carbonyl (C=O) groups excluding carboxylic acids is 2. The first-order valence-corrected chi connectivity index (χ1v) is 8.78. The van der Waals surface area contributed by atoms with Crippen molar-refractivity contribution in [2.75, 3.05) is 5.32 Å². The average molecular weight is 436 g/mol. The van der Waals surface area contributed by atoms with E-state index >= 15 is 0 Å². The maximum Gasteiger partial charge on any atom is 0.417 e. The summed E-state index contributed by atoms with van der Waals surface area (Å²) in [6, 6.07) is 14.1. The highest BCUT2D eigenvalue weighted by atomic mass is 35.5. The Morgan fingerprint density at radius 3 is 2.27 bits per heavy atom. The number of benzene rings is 2. The van der Waals surface area contributed by atoms with E-state index in [0.717, 1.165) is 0 Å². The monoisotopic (exact) mass is 435 g/mol. The molecule has 3 rings (SSSR count). The molecule has 0 aliphatic heterocycles. The number of hydrogen-bond acceptors (Lipinski definition) is 4. The van der Waals surface area contributed by atoms with Crippen molar-refractivity contribution in [3.63, 3.8) is 0 Å². The van der Waals surface area contributed by atoms with Gasteiger partial charge in [0.15, 0.2) is 0 Å². The summed E-state index contributed by atoms with van der Waals surface area (Å²) in [6.07, 6.45) is -3.97. The zero-order chi connectivity index (χ0) is 21.7. The molecule has 0 radical (unpaired) electrons. The van der Waals surface area contributed by atoms with Crippen LogP contribution >= 0.6 is 11.6 Å². The molecule has 0 fully saturated rings. The molecule has 1 heterocycles. The summed E-state index contributed by atoms with van der Waals surface area (Å²) in [5, 5.41) is 4.37. The Labute approximate surface area is 173 Å². The zero-order valence-corrected chi connectivity index (χ0v) is 15.8. The smallest absolute Gasteiger partial charge is 0.417 e. The van der Waals surface area contributed by atoms with Crippen LogP contribution in [0.5, 0.6) is 11.6 Å². The Balaban J connectivity index is 1.62. The minimum Gasteiger partial charge on any atom is -0.438 e. The third-order valence-electron chi connectivity index (χ3n) is 3.72. The van der Waals surface area contributed by atoms with Gasteiger partial charge < -0.3 is 10.1 Å². The van der Waals surface area contributed by atoms with Gasteiger partial charge in [-0.3, -0.25) is 10.1 Å². The lowest BCUT2D eigenvalue weighted by Gasteiger charge is -2.10. The summed E-state index contributed by atoms with van der Waals surface area (Å²) >= 11 is 5.79. The fourth-order valence-corrected chi connectivity index (χ4v) is 2.51. The SMILES string of the molecule is O=C(NC(=O)c1ccc(Oc2ncc(C(F)(F)F)cc2Cl)cc1)Nc1ccccc1. The number of urea groups is 1. The first-order chi connectivity index (χ1) is 14.2. The predicted molar refractivity (Wildman–Crippen MR) is 104 cm³/mol. The van der Waals surface area contributed by atoms with Gasteiger partial charge in [0.1, 0.15) is 10.8 Å². The summed E-state index contributed by atoms with van der Waals surface area (Å²) in [5.74, 6) is -0.681. The molecule has 0 atom stereocenters. The number of nitrogens with one attached hydrogen (secondary N) is 2. The molecular formula is C20H13ClF3N3O3. The van der Waals surface area contributed by atoms with E-state index in [1.165, 1.54) is 24.3 Å². The lowest BCUT2D eigenvalue weighted by Crippen LogP contribution is -2.34. The van der Waals surface area contributed by atoms with E-state index in [4.69, 9.17) is 16.3 Å². The Hall–Kier alpha value is -3.59. The number of pyridine rings is 1. The van der Waals surface area contributed by atoms with E-state index in [1.54, 1.807) is 30.3 Å². The van der Waals surface area contributed by atoms with Crippen molar-refractivity contribution in [1.82, 2.24) is 10.3 Å². The van der Waals surface area contributed by atoms with Gasteiger partial charge in [0.05, 0.1) is 5.56 Å². The lowest BCUT2D eigenvalue weighted by molar-refractivity contribution is -0.137. The number of amides is 3.